The first-order valence-electron chi connectivity index (χ1n) is 6.53. The van der Waals surface area contributed by atoms with Gasteiger partial charge in [-0.05, 0) is 48.0 Å². The molecular formula is C17H14BrO4-. The Kier molecular flexibility index (Phi) is 5.61. The van der Waals surface area contributed by atoms with E-state index in [0.717, 1.165) is 27.4 Å². The maximum Gasteiger partial charge on any atom is 0.125 e. The average Bonchev–Trinajstić information content (AvgIpc) is 2.52. The van der Waals surface area contributed by atoms with Crippen molar-refractivity contribution >= 4 is 28.0 Å². The number of carbonyl (C=O) groups excluding carboxylic acids is 1. The summed E-state index contributed by atoms with van der Waals surface area (Å²) >= 11 is 3.37. The highest BCUT2D eigenvalue weighted by molar-refractivity contribution is 9.10. The second-order valence-electron chi connectivity index (χ2n) is 4.47. The van der Waals surface area contributed by atoms with Crippen molar-refractivity contribution in [1.82, 2.24) is 0 Å². The SMILES string of the molecule is COc1ccc(/C=C/C(=O)[O-])cc1COc1ccc(Br)cc1. The van der Waals surface area contributed by atoms with Gasteiger partial charge in [0.25, 0.3) is 0 Å². The Labute approximate surface area is 137 Å². The van der Waals surface area contributed by atoms with E-state index in [2.05, 4.69) is 15.9 Å². The van der Waals surface area contributed by atoms with Gasteiger partial charge in [0, 0.05) is 10.0 Å². The maximum atomic E-state index is 10.5. The number of benzene rings is 2. The van der Waals surface area contributed by atoms with Gasteiger partial charge in [-0.1, -0.05) is 28.1 Å². The zero-order chi connectivity index (χ0) is 15.9. The molecule has 0 atom stereocenters. The molecule has 0 radical (unpaired) electrons. The highest BCUT2D eigenvalue weighted by Crippen LogP contribution is 2.23. The number of carboxylic acids is 1. The van der Waals surface area contributed by atoms with E-state index in [4.69, 9.17) is 9.47 Å². The highest BCUT2D eigenvalue weighted by atomic mass is 79.9. The normalized spacial score (nSPS) is 10.6. The summed E-state index contributed by atoms with van der Waals surface area (Å²) < 4.78 is 12.0. The quantitative estimate of drug-likeness (QED) is 0.742. The van der Waals surface area contributed by atoms with Gasteiger partial charge in [0.2, 0.25) is 0 Å². The van der Waals surface area contributed by atoms with Crippen molar-refractivity contribution < 1.29 is 19.4 Å². The van der Waals surface area contributed by atoms with E-state index >= 15 is 0 Å². The predicted octanol–water partition coefficient (Wildman–Crippen LogP) is 2.80. The van der Waals surface area contributed by atoms with E-state index < -0.39 is 5.97 Å². The van der Waals surface area contributed by atoms with Crippen molar-refractivity contribution in [3.63, 3.8) is 0 Å². The van der Waals surface area contributed by atoms with Crippen LogP contribution in [-0.4, -0.2) is 13.1 Å². The van der Waals surface area contributed by atoms with Crippen molar-refractivity contribution in [3.8, 4) is 11.5 Å². The number of ether oxygens (including phenoxy) is 2. The highest BCUT2D eigenvalue weighted by Gasteiger charge is 2.05. The van der Waals surface area contributed by atoms with Crippen LogP contribution in [0.5, 0.6) is 11.5 Å². The third-order valence-electron chi connectivity index (χ3n) is 2.92. The third-order valence-corrected chi connectivity index (χ3v) is 3.45. The van der Waals surface area contributed by atoms with Crippen LogP contribution in [0.2, 0.25) is 0 Å². The third kappa shape index (κ3) is 4.63. The second kappa shape index (κ2) is 7.66. The van der Waals surface area contributed by atoms with E-state index in [1.54, 1.807) is 19.2 Å². The molecule has 0 aliphatic rings. The van der Waals surface area contributed by atoms with E-state index in [0.29, 0.717) is 12.4 Å². The molecule has 0 aliphatic heterocycles. The van der Waals surface area contributed by atoms with Gasteiger partial charge in [0.1, 0.15) is 18.1 Å². The van der Waals surface area contributed by atoms with Crippen LogP contribution in [0.4, 0.5) is 0 Å². The minimum absolute atomic E-state index is 0.317. The molecule has 2 aromatic carbocycles. The van der Waals surface area contributed by atoms with Crippen LogP contribution in [0.3, 0.4) is 0 Å². The first-order valence-corrected chi connectivity index (χ1v) is 7.32. The molecule has 22 heavy (non-hydrogen) atoms. The number of rotatable bonds is 6. The molecule has 0 bridgehead atoms. The van der Waals surface area contributed by atoms with Crippen LogP contribution >= 0.6 is 15.9 Å². The Hall–Kier alpha value is -2.27. The smallest absolute Gasteiger partial charge is 0.125 e. The molecule has 0 spiro atoms. The minimum atomic E-state index is -1.23. The number of halogens is 1. The zero-order valence-corrected chi connectivity index (χ0v) is 13.5. The minimum Gasteiger partial charge on any atom is -0.545 e. The lowest BCUT2D eigenvalue weighted by molar-refractivity contribution is -0.297. The van der Waals surface area contributed by atoms with Gasteiger partial charge in [0.05, 0.1) is 13.1 Å². The molecule has 0 saturated heterocycles. The molecule has 114 valence electrons. The topological polar surface area (TPSA) is 58.6 Å². The molecule has 4 nitrogen and oxygen atoms in total. The van der Waals surface area contributed by atoms with Crippen molar-refractivity contribution in [1.29, 1.82) is 0 Å². The van der Waals surface area contributed by atoms with Crippen molar-refractivity contribution in [2.75, 3.05) is 7.11 Å². The van der Waals surface area contributed by atoms with Crippen molar-refractivity contribution in [3.05, 3.63) is 64.1 Å². The summed E-state index contributed by atoms with van der Waals surface area (Å²) in [6, 6.07) is 12.9. The number of hydrogen-bond acceptors (Lipinski definition) is 4. The number of methoxy groups -OCH3 is 1. The molecule has 0 N–H and O–H groups in total. The Morgan fingerprint density at radius 2 is 1.95 bits per heavy atom. The molecule has 0 amide bonds. The van der Waals surface area contributed by atoms with Gasteiger partial charge in [0.15, 0.2) is 0 Å². The molecule has 0 aromatic heterocycles. The van der Waals surface area contributed by atoms with Crippen LogP contribution < -0.4 is 14.6 Å². The maximum absolute atomic E-state index is 10.5. The molecule has 0 fully saturated rings. The van der Waals surface area contributed by atoms with Gasteiger partial charge >= 0.3 is 0 Å². The first kappa shape index (κ1) is 16.1. The molecule has 0 saturated carbocycles. The average molecular weight is 362 g/mol. The molecule has 5 heteroatoms. The van der Waals surface area contributed by atoms with Gasteiger partial charge in [-0.15, -0.1) is 0 Å². The largest absolute Gasteiger partial charge is 0.545 e. The fourth-order valence-electron chi connectivity index (χ4n) is 1.87. The lowest BCUT2D eigenvalue weighted by Gasteiger charge is -2.11. The van der Waals surface area contributed by atoms with E-state index in [1.165, 1.54) is 6.08 Å². The summed E-state index contributed by atoms with van der Waals surface area (Å²) in [4.78, 5) is 10.5. The molecule has 0 unspecified atom stereocenters. The van der Waals surface area contributed by atoms with Gasteiger partial charge < -0.3 is 19.4 Å². The predicted molar refractivity (Wildman–Crippen MR) is 85.5 cm³/mol. The Morgan fingerprint density at radius 1 is 1.23 bits per heavy atom. The molecule has 2 aromatic rings. The monoisotopic (exact) mass is 361 g/mol. The van der Waals surface area contributed by atoms with E-state index in [-0.39, 0.29) is 0 Å². The number of aliphatic carboxylic acids is 1. The van der Waals surface area contributed by atoms with Crippen LogP contribution in [0.25, 0.3) is 6.08 Å². The van der Waals surface area contributed by atoms with Crippen LogP contribution in [0.1, 0.15) is 11.1 Å². The van der Waals surface area contributed by atoms with E-state index in [9.17, 15) is 9.90 Å². The number of hydrogen-bond donors (Lipinski definition) is 0. The van der Waals surface area contributed by atoms with Crippen LogP contribution in [-0.2, 0) is 11.4 Å². The Morgan fingerprint density at radius 3 is 2.59 bits per heavy atom. The summed E-state index contributed by atoms with van der Waals surface area (Å²) in [5, 5.41) is 10.5. The van der Waals surface area contributed by atoms with Crippen molar-refractivity contribution in [2.24, 2.45) is 0 Å². The summed E-state index contributed by atoms with van der Waals surface area (Å²) in [6.07, 6.45) is 2.46. The summed E-state index contributed by atoms with van der Waals surface area (Å²) in [7, 11) is 1.58. The fourth-order valence-corrected chi connectivity index (χ4v) is 2.14. The standard InChI is InChI=1S/C17H15BrO4/c1-21-16-8-2-12(3-9-17(19)20)10-13(16)11-22-15-6-4-14(18)5-7-15/h2-10H,11H2,1H3,(H,19,20)/p-1/b9-3+. The lowest BCUT2D eigenvalue weighted by atomic mass is 10.1. The Bertz CT molecular complexity index is 678. The lowest BCUT2D eigenvalue weighted by Crippen LogP contribution is -2.18. The Balaban J connectivity index is 2.15. The summed E-state index contributed by atoms with van der Waals surface area (Å²) in [5.74, 6) is 0.187. The van der Waals surface area contributed by atoms with E-state index in [1.807, 2.05) is 30.3 Å². The molecule has 0 heterocycles. The van der Waals surface area contributed by atoms with Crippen LogP contribution in [0, 0.1) is 0 Å². The van der Waals surface area contributed by atoms with Gasteiger partial charge in [-0.25, -0.2) is 0 Å². The molecular weight excluding hydrogens is 348 g/mol. The summed E-state index contributed by atoms with van der Waals surface area (Å²) in [5.41, 5.74) is 1.56. The van der Waals surface area contributed by atoms with Gasteiger partial charge in [-0.3, -0.25) is 0 Å². The number of carboxylic acid groups (broad SMARTS) is 1. The van der Waals surface area contributed by atoms with Crippen molar-refractivity contribution in [2.45, 2.75) is 6.61 Å². The fraction of sp³-hybridized carbons (Fsp3) is 0.118. The zero-order valence-electron chi connectivity index (χ0n) is 11.9. The summed E-state index contributed by atoms with van der Waals surface area (Å²) in [6.45, 7) is 0.317. The van der Waals surface area contributed by atoms with Crippen LogP contribution in [0.15, 0.2) is 53.0 Å². The number of carbonyl (C=O) groups is 1. The molecule has 0 aliphatic carbocycles. The first-order chi connectivity index (χ1) is 10.6. The van der Waals surface area contributed by atoms with Gasteiger partial charge in [-0.2, -0.15) is 0 Å². The molecule has 2 rings (SSSR count). The second-order valence-corrected chi connectivity index (χ2v) is 5.38.